The number of ether oxygens (including phenoxy) is 2. The molecule has 0 saturated carbocycles. The smallest absolute Gasteiger partial charge is 0.239 e. The van der Waals surface area contributed by atoms with Gasteiger partial charge in [-0.05, 0) is 0 Å². The van der Waals surface area contributed by atoms with Crippen molar-refractivity contribution >= 4 is 17.5 Å². The summed E-state index contributed by atoms with van der Waals surface area (Å²) in [7, 11) is 2.97. The van der Waals surface area contributed by atoms with E-state index in [-0.39, 0.29) is 18.9 Å². The monoisotopic (exact) mass is 219 g/mol. The molecular weight excluding hydrogens is 206 g/mol. The van der Waals surface area contributed by atoms with Gasteiger partial charge < -0.3 is 14.8 Å². The van der Waals surface area contributed by atoms with E-state index in [1.165, 1.54) is 14.2 Å². The lowest BCUT2D eigenvalue weighted by Crippen LogP contribution is -2.38. The molecule has 0 radical (unpaired) electrons. The molecule has 0 heterocycles. The van der Waals surface area contributed by atoms with Crippen LogP contribution in [0.4, 0.5) is 0 Å². The molecule has 0 aliphatic carbocycles. The number of carbonyl (C=O) groups is 1. The molecule has 0 aliphatic rings. The Morgan fingerprint density at radius 3 is 2.57 bits per heavy atom. The summed E-state index contributed by atoms with van der Waals surface area (Å²) in [5.41, 5.74) is 0. The van der Waals surface area contributed by atoms with E-state index < -0.39 is 11.7 Å². The van der Waals surface area contributed by atoms with Crippen molar-refractivity contribution in [1.82, 2.24) is 5.32 Å². The second-order valence-corrected chi connectivity index (χ2v) is 3.05. The number of terminal acetylenes is 1. The van der Waals surface area contributed by atoms with E-state index in [0.29, 0.717) is 0 Å². The van der Waals surface area contributed by atoms with Crippen molar-refractivity contribution in [2.45, 2.75) is 18.1 Å². The Labute approximate surface area is 88.9 Å². The Bertz CT molecular complexity index is 211. The Balaban J connectivity index is 3.78. The van der Waals surface area contributed by atoms with Gasteiger partial charge in [-0.3, -0.25) is 4.79 Å². The summed E-state index contributed by atoms with van der Waals surface area (Å²) in [4.78, 5) is 11.2. The third-order valence-electron chi connectivity index (χ3n) is 1.55. The Morgan fingerprint density at radius 2 is 2.14 bits per heavy atom. The van der Waals surface area contributed by atoms with Crippen LogP contribution in [0.5, 0.6) is 0 Å². The lowest BCUT2D eigenvalue weighted by atomic mass is 10.3. The molecule has 1 amide bonds. The number of methoxy groups -OCH3 is 2. The highest BCUT2D eigenvalue weighted by Crippen LogP contribution is 2.00. The fraction of sp³-hybridized carbons (Fsp3) is 0.667. The van der Waals surface area contributed by atoms with E-state index >= 15 is 0 Å². The molecule has 0 aromatic carbocycles. The van der Waals surface area contributed by atoms with Crippen molar-refractivity contribution in [1.29, 1.82) is 0 Å². The van der Waals surface area contributed by atoms with E-state index in [2.05, 4.69) is 11.2 Å². The van der Waals surface area contributed by atoms with E-state index in [9.17, 15) is 4.79 Å². The molecule has 0 saturated heterocycles. The SMILES string of the molecule is C#CCC(Cl)C(=O)NCC(OC)OC. The molecule has 0 fully saturated rings. The van der Waals surface area contributed by atoms with Crippen molar-refractivity contribution in [3.05, 3.63) is 0 Å². The maximum absolute atomic E-state index is 11.2. The van der Waals surface area contributed by atoms with Crippen LogP contribution in [0.25, 0.3) is 0 Å². The molecule has 0 rings (SSSR count). The lowest BCUT2D eigenvalue weighted by Gasteiger charge is -2.14. The topological polar surface area (TPSA) is 47.6 Å². The van der Waals surface area contributed by atoms with Crippen LogP contribution in [0, 0.1) is 12.3 Å². The average molecular weight is 220 g/mol. The fourth-order valence-electron chi connectivity index (χ4n) is 0.754. The Morgan fingerprint density at radius 1 is 1.57 bits per heavy atom. The van der Waals surface area contributed by atoms with Crippen LogP contribution in [0.1, 0.15) is 6.42 Å². The quantitative estimate of drug-likeness (QED) is 0.399. The number of halogens is 1. The zero-order chi connectivity index (χ0) is 11.0. The molecule has 0 aliphatic heterocycles. The molecular formula is C9H14ClNO3. The third kappa shape index (κ3) is 5.07. The lowest BCUT2D eigenvalue weighted by molar-refractivity contribution is -0.127. The fourth-order valence-corrected chi connectivity index (χ4v) is 0.920. The van der Waals surface area contributed by atoms with Crippen molar-refractivity contribution in [2.24, 2.45) is 0 Å². The summed E-state index contributed by atoms with van der Waals surface area (Å²) in [6.07, 6.45) is 4.75. The normalized spacial score (nSPS) is 12.2. The van der Waals surface area contributed by atoms with Gasteiger partial charge in [0.25, 0.3) is 0 Å². The molecule has 0 bridgehead atoms. The van der Waals surface area contributed by atoms with E-state index in [1.807, 2.05) is 0 Å². The van der Waals surface area contributed by atoms with Crippen LogP contribution >= 0.6 is 11.6 Å². The van der Waals surface area contributed by atoms with Crippen molar-refractivity contribution in [2.75, 3.05) is 20.8 Å². The molecule has 1 unspecified atom stereocenters. The van der Waals surface area contributed by atoms with Gasteiger partial charge in [-0.2, -0.15) is 0 Å². The van der Waals surface area contributed by atoms with Gasteiger partial charge in [0.2, 0.25) is 5.91 Å². The minimum Gasteiger partial charge on any atom is -0.354 e. The van der Waals surface area contributed by atoms with Crippen molar-refractivity contribution in [3.8, 4) is 12.3 Å². The first-order valence-electron chi connectivity index (χ1n) is 4.06. The number of hydrogen-bond donors (Lipinski definition) is 1. The van der Waals surface area contributed by atoms with Crippen LogP contribution in [0.3, 0.4) is 0 Å². The Hall–Kier alpha value is -0.760. The van der Waals surface area contributed by atoms with E-state index in [1.54, 1.807) is 0 Å². The number of carbonyl (C=O) groups excluding carboxylic acids is 1. The molecule has 0 aromatic rings. The van der Waals surface area contributed by atoms with Gasteiger partial charge in [-0.15, -0.1) is 23.9 Å². The maximum Gasteiger partial charge on any atom is 0.239 e. The predicted octanol–water partition coefficient (Wildman–Crippen LogP) is 0.352. The van der Waals surface area contributed by atoms with E-state index in [4.69, 9.17) is 27.5 Å². The summed E-state index contributed by atoms with van der Waals surface area (Å²) in [6.45, 7) is 0.250. The second kappa shape index (κ2) is 7.63. The van der Waals surface area contributed by atoms with Gasteiger partial charge in [0, 0.05) is 20.6 Å². The highest BCUT2D eigenvalue weighted by molar-refractivity contribution is 6.30. The number of hydrogen-bond acceptors (Lipinski definition) is 3. The van der Waals surface area contributed by atoms with Crippen molar-refractivity contribution in [3.63, 3.8) is 0 Å². The number of amides is 1. The molecule has 1 atom stereocenters. The molecule has 0 aromatic heterocycles. The van der Waals surface area contributed by atoms with Crippen LogP contribution < -0.4 is 5.32 Å². The van der Waals surface area contributed by atoms with Crippen LogP contribution in [-0.4, -0.2) is 38.3 Å². The third-order valence-corrected chi connectivity index (χ3v) is 1.90. The Kier molecular flexibility index (Phi) is 7.21. The summed E-state index contributed by atoms with van der Waals surface area (Å²) < 4.78 is 9.74. The maximum atomic E-state index is 11.2. The first kappa shape index (κ1) is 13.2. The average Bonchev–Trinajstić information content (AvgIpc) is 2.19. The summed E-state index contributed by atoms with van der Waals surface area (Å²) in [5, 5.41) is 1.85. The van der Waals surface area contributed by atoms with Gasteiger partial charge >= 0.3 is 0 Å². The van der Waals surface area contributed by atoms with Crippen LogP contribution in [0.2, 0.25) is 0 Å². The minimum atomic E-state index is -0.700. The summed E-state index contributed by atoms with van der Waals surface area (Å²) in [6, 6.07) is 0. The van der Waals surface area contributed by atoms with E-state index in [0.717, 1.165) is 0 Å². The van der Waals surface area contributed by atoms with Gasteiger partial charge in [-0.25, -0.2) is 0 Å². The zero-order valence-corrected chi connectivity index (χ0v) is 9.00. The van der Waals surface area contributed by atoms with Gasteiger partial charge in [0.05, 0.1) is 6.54 Å². The van der Waals surface area contributed by atoms with Gasteiger partial charge in [-0.1, -0.05) is 0 Å². The summed E-state index contributed by atoms with van der Waals surface area (Å²) in [5.74, 6) is 1.99. The highest BCUT2D eigenvalue weighted by atomic mass is 35.5. The first-order chi connectivity index (χ1) is 6.65. The molecule has 1 N–H and O–H groups in total. The summed E-state index contributed by atoms with van der Waals surface area (Å²) >= 11 is 5.67. The predicted molar refractivity (Wildman–Crippen MR) is 53.9 cm³/mol. The molecule has 5 heteroatoms. The van der Waals surface area contributed by atoms with Crippen LogP contribution in [0.15, 0.2) is 0 Å². The molecule has 80 valence electrons. The number of rotatable bonds is 6. The zero-order valence-electron chi connectivity index (χ0n) is 8.25. The largest absolute Gasteiger partial charge is 0.354 e. The number of alkyl halides is 1. The second-order valence-electron chi connectivity index (χ2n) is 2.52. The van der Waals surface area contributed by atoms with Gasteiger partial charge in [0.15, 0.2) is 6.29 Å². The van der Waals surface area contributed by atoms with Gasteiger partial charge in [0.1, 0.15) is 5.38 Å². The standard InChI is InChI=1S/C9H14ClNO3/c1-4-5-7(10)9(12)11-6-8(13-2)14-3/h1,7-8H,5-6H2,2-3H3,(H,11,12). The molecule has 14 heavy (non-hydrogen) atoms. The minimum absolute atomic E-state index is 0.206. The first-order valence-corrected chi connectivity index (χ1v) is 4.50. The molecule has 4 nitrogen and oxygen atoms in total. The van der Waals surface area contributed by atoms with Crippen molar-refractivity contribution < 1.29 is 14.3 Å². The van der Waals surface area contributed by atoms with Crippen LogP contribution in [-0.2, 0) is 14.3 Å². The molecule has 0 spiro atoms. The number of nitrogens with one attached hydrogen (secondary N) is 1. The highest BCUT2D eigenvalue weighted by Gasteiger charge is 2.15.